The molecular weight excluding hydrogens is 235 g/mol. The van der Waals surface area contributed by atoms with E-state index in [1.54, 1.807) is 0 Å². The molecule has 48 valence electrons. The summed E-state index contributed by atoms with van der Waals surface area (Å²) in [5, 5.41) is 15.9. The minimum absolute atomic E-state index is 0.0376. The third-order valence-corrected chi connectivity index (χ3v) is 1.62. The van der Waals surface area contributed by atoms with Crippen molar-refractivity contribution < 1.29 is 9.90 Å². The maximum absolute atomic E-state index is 10.1. The van der Waals surface area contributed by atoms with E-state index in [9.17, 15) is 9.90 Å². The summed E-state index contributed by atoms with van der Waals surface area (Å²) in [6.07, 6.45) is 1.42. The lowest BCUT2D eigenvalue weighted by Gasteiger charge is -1.95. The van der Waals surface area contributed by atoms with E-state index in [-0.39, 0.29) is 5.69 Å². The number of aromatic amines is 1. The van der Waals surface area contributed by atoms with Crippen LogP contribution in [-0.2, 0) is 0 Å². The van der Waals surface area contributed by atoms with Gasteiger partial charge in [0.25, 0.3) is 0 Å². The smallest absolute Gasteiger partial charge is 0.0938 e. The van der Waals surface area contributed by atoms with Gasteiger partial charge in [0.05, 0.1) is 21.4 Å². The third kappa shape index (κ3) is 1.21. The second-order valence-electron chi connectivity index (χ2n) is 1.38. The largest absolute Gasteiger partial charge is 0.543 e. The van der Waals surface area contributed by atoms with Gasteiger partial charge in [0.1, 0.15) is 0 Å². The first kappa shape index (κ1) is 6.53. The van der Waals surface area contributed by atoms with E-state index in [0.717, 1.165) is 0 Å². The second-order valence-corrected chi connectivity index (χ2v) is 2.54. The standard InChI is InChI=1S/C4H3IN2O2/c5-2-1-6-7-3(2)4(8)9/h1H,(H,6,7)(H,8,9)/p-1. The third-order valence-electron chi connectivity index (χ3n) is 0.797. The van der Waals surface area contributed by atoms with Crippen molar-refractivity contribution in [3.63, 3.8) is 0 Å². The molecule has 1 aromatic rings. The lowest BCUT2D eigenvalue weighted by molar-refractivity contribution is -0.255. The number of carboxylic acid groups (broad SMARTS) is 1. The average Bonchev–Trinajstić information content (AvgIpc) is 2.13. The van der Waals surface area contributed by atoms with Crippen LogP contribution in [-0.4, -0.2) is 16.2 Å². The Labute approximate surface area is 64.4 Å². The molecule has 0 saturated carbocycles. The number of carboxylic acids is 1. The van der Waals surface area contributed by atoms with Crippen molar-refractivity contribution in [3.05, 3.63) is 15.5 Å². The topological polar surface area (TPSA) is 68.8 Å². The fourth-order valence-corrected chi connectivity index (χ4v) is 0.895. The van der Waals surface area contributed by atoms with Gasteiger partial charge in [0.15, 0.2) is 0 Å². The van der Waals surface area contributed by atoms with Crippen LogP contribution in [0.3, 0.4) is 0 Å². The van der Waals surface area contributed by atoms with E-state index in [4.69, 9.17) is 0 Å². The van der Waals surface area contributed by atoms with Crippen LogP contribution in [0.2, 0.25) is 0 Å². The first-order valence-electron chi connectivity index (χ1n) is 2.12. The summed E-state index contributed by atoms with van der Waals surface area (Å²) in [6.45, 7) is 0. The van der Waals surface area contributed by atoms with Crippen LogP contribution in [0.5, 0.6) is 0 Å². The molecule has 1 rings (SSSR count). The van der Waals surface area contributed by atoms with E-state index in [1.165, 1.54) is 6.20 Å². The number of nitrogens with zero attached hydrogens (tertiary/aromatic N) is 1. The van der Waals surface area contributed by atoms with Crippen LogP contribution in [0.4, 0.5) is 0 Å². The number of hydrogen-bond acceptors (Lipinski definition) is 3. The van der Waals surface area contributed by atoms with Gasteiger partial charge in [-0.05, 0) is 22.6 Å². The lowest BCUT2D eigenvalue weighted by Crippen LogP contribution is -2.23. The Balaban J connectivity index is 3.08. The molecule has 1 heterocycles. The molecule has 1 N–H and O–H groups in total. The van der Waals surface area contributed by atoms with Crippen molar-refractivity contribution in [3.8, 4) is 0 Å². The zero-order chi connectivity index (χ0) is 6.85. The summed E-state index contributed by atoms with van der Waals surface area (Å²) in [5.41, 5.74) is 0.0376. The Morgan fingerprint density at radius 2 is 2.56 bits per heavy atom. The number of H-pyrrole nitrogens is 1. The summed E-state index contributed by atoms with van der Waals surface area (Å²) >= 11 is 1.86. The van der Waals surface area contributed by atoms with Crippen molar-refractivity contribution in [1.82, 2.24) is 10.2 Å². The Bertz CT molecular complexity index is 232. The quantitative estimate of drug-likeness (QED) is 0.661. The van der Waals surface area contributed by atoms with Gasteiger partial charge in [-0.2, -0.15) is 5.10 Å². The molecule has 1 aromatic heterocycles. The first-order valence-corrected chi connectivity index (χ1v) is 3.20. The minimum atomic E-state index is -1.23. The Kier molecular flexibility index (Phi) is 1.70. The number of nitrogens with one attached hydrogen (secondary N) is 1. The molecule has 0 aliphatic carbocycles. The number of aromatic carboxylic acids is 1. The van der Waals surface area contributed by atoms with Crippen LogP contribution >= 0.6 is 22.6 Å². The highest BCUT2D eigenvalue weighted by Crippen LogP contribution is 2.05. The Morgan fingerprint density at radius 3 is 2.78 bits per heavy atom. The van der Waals surface area contributed by atoms with Gasteiger partial charge in [-0.25, -0.2) is 0 Å². The van der Waals surface area contributed by atoms with Gasteiger partial charge in [0, 0.05) is 0 Å². The SMILES string of the molecule is O=C([O-])c1[nH]ncc1I. The van der Waals surface area contributed by atoms with E-state index < -0.39 is 5.97 Å². The second kappa shape index (κ2) is 2.34. The van der Waals surface area contributed by atoms with Crippen molar-refractivity contribution in [2.45, 2.75) is 0 Å². The highest BCUT2D eigenvalue weighted by molar-refractivity contribution is 14.1. The molecule has 0 unspecified atom stereocenters. The van der Waals surface area contributed by atoms with E-state index >= 15 is 0 Å². The van der Waals surface area contributed by atoms with Crippen LogP contribution in [0.1, 0.15) is 10.5 Å². The number of halogens is 1. The maximum atomic E-state index is 10.1. The molecule has 0 spiro atoms. The first-order chi connectivity index (χ1) is 4.22. The van der Waals surface area contributed by atoms with E-state index in [0.29, 0.717) is 3.57 Å². The zero-order valence-corrected chi connectivity index (χ0v) is 6.38. The Morgan fingerprint density at radius 1 is 1.89 bits per heavy atom. The minimum Gasteiger partial charge on any atom is -0.543 e. The molecule has 5 heteroatoms. The highest BCUT2D eigenvalue weighted by Gasteiger charge is 1.99. The van der Waals surface area contributed by atoms with E-state index in [2.05, 4.69) is 10.2 Å². The Hall–Kier alpha value is -0.590. The van der Waals surface area contributed by atoms with Crippen LogP contribution in [0.25, 0.3) is 0 Å². The van der Waals surface area contributed by atoms with Gasteiger partial charge in [-0.15, -0.1) is 0 Å². The van der Waals surface area contributed by atoms with Crippen molar-refractivity contribution >= 4 is 28.6 Å². The molecule has 0 fully saturated rings. The monoisotopic (exact) mass is 237 g/mol. The summed E-state index contributed by atoms with van der Waals surface area (Å²) < 4.78 is 0.563. The van der Waals surface area contributed by atoms with Crippen molar-refractivity contribution in [2.75, 3.05) is 0 Å². The molecule has 4 nitrogen and oxygen atoms in total. The van der Waals surface area contributed by atoms with Gasteiger partial charge in [0.2, 0.25) is 0 Å². The molecule has 0 amide bonds. The summed E-state index contributed by atoms with van der Waals surface area (Å²) in [5.74, 6) is -1.23. The molecule has 0 atom stereocenters. The summed E-state index contributed by atoms with van der Waals surface area (Å²) in [7, 11) is 0. The molecule has 0 aromatic carbocycles. The molecule has 0 aliphatic rings. The molecule has 9 heavy (non-hydrogen) atoms. The fourth-order valence-electron chi connectivity index (χ4n) is 0.415. The van der Waals surface area contributed by atoms with Crippen LogP contribution in [0, 0.1) is 3.57 Å². The average molecular weight is 237 g/mol. The normalized spacial score (nSPS) is 9.44. The van der Waals surface area contributed by atoms with Crippen molar-refractivity contribution in [1.29, 1.82) is 0 Å². The summed E-state index contributed by atoms with van der Waals surface area (Å²) in [4.78, 5) is 10.1. The molecule has 0 aliphatic heterocycles. The molecular formula is C4H2IN2O2-. The summed E-state index contributed by atoms with van der Waals surface area (Å²) in [6, 6.07) is 0. The fraction of sp³-hybridized carbons (Fsp3) is 0. The highest BCUT2D eigenvalue weighted by atomic mass is 127. The number of aromatic nitrogens is 2. The molecule has 0 bridgehead atoms. The number of carbonyl (C=O) groups excluding carboxylic acids is 1. The van der Waals surface area contributed by atoms with Gasteiger partial charge in [-0.1, -0.05) is 0 Å². The number of hydrogen-bond donors (Lipinski definition) is 1. The number of rotatable bonds is 1. The van der Waals surface area contributed by atoms with Crippen LogP contribution in [0.15, 0.2) is 6.20 Å². The van der Waals surface area contributed by atoms with E-state index in [1.807, 2.05) is 22.6 Å². The molecule has 0 saturated heterocycles. The van der Waals surface area contributed by atoms with Gasteiger partial charge < -0.3 is 9.90 Å². The van der Waals surface area contributed by atoms with Crippen molar-refractivity contribution in [2.24, 2.45) is 0 Å². The molecule has 0 radical (unpaired) electrons. The van der Waals surface area contributed by atoms with Gasteiger partial charge in [-0.3, -0.25) is 5.10 Å². The van der Waals surface area contributed by atoms with Gasteiger partial charge >= 0.3 is 0 Å². The van der Waals surface area contributed by atoms with Crippen LogP contribution < -0.4 is 5.11 Å². The zero-order valence-electron chi connectivity index (χ0n) is 4.22. The maximum Gasteiger partial charge on any atom is 0.0938 e. The lowest BCUT2D eigenvalue weighted by atomic mass is 10.5. The number of carbonyl (C=O) groups is 1. The predicted molar refractivity (Wildman–Crippen MR) is 35.6 cm³/mol. The predicted octanol–water partition coefficient (Wildman–Crippen LogP) is -0.622.